The minimum absolute atomic E-state index is 0.489. The van der Waals surface area contributed by atoms with Crippen molar-refractivity contribution in [2.75, 3.05) is 0 Å². The summed E-state index contributed by atoms with van der Waals surface area (Å²) in [5.74, 6) is 3.12. The van der Waals surface area contributed by atoms with E-state index < -0.39 is 0 Å². The molecule has 0 unspecified atom stereocenters. The van der Waals surface area contributed by atoms with Crippen LogP contribution in [0, 0.1) is 5.92 Å². The van der Waals surface area contributed by atoms with Gasteiger partial charge in [0.25, 0.3) is 0 Å². The van der Waals surface area contributed by atoms with E-state index >= 15 is 0 Å². The number of nitrogens with zero attached hydrogens (tertiary/aromatic N) is 1. The number of hydrazone groups is 1. The summed E-state index contributed by atoms with van der Waals surface area (Å²) in [5.41, 5.74) is 3.97. The Bertz CT molecular complexity index is 666. The van der Waals surface area contributed by atoms with Gasteiger partial charge in [-0.05, 0) is 42.3 Å². The molecule has 0 bridgehead atoms. The van der Waals surface area contributed by atoms with Crippen LogP contribution in [0.15, 0.2) is 52.0 Å². The molecule has 3 rings (SSSR count). The van der Waals surface area contributed by atoms with Crippen molar-refractivity contribution in [3.8, 4) is 0 Å². The summed E-state index contributed by atoms with van der Waals surface area (Å²) in [6.07, 6.45) is 2.86. The minimum Gasteiger partial charge on any atom is -0.460 e. The van der Waals surface area contributed by atoms with Crippen LogP contribution < -0.4 is 10.7 Å². The lowest BCUT2D eigenvalue weighted by molar-refractivity contribution is 0.500. The Morgan fingerprint density at radius 2 is 2.09 bits per heavy atom. The first-order chi connectivity index (χ1) is 10.7. The molecular formula is C17H19N3OS. The third-order valence-corrected chi connectivity index (χ3v) is 4.01. The highest BCUT2D eigenvalue weighted by molar-refractivity contribution is 7.80. The lowest BCUT2D eigenvalue weighted by Crippen LogP contribution is -2.31. The third kappa shape index (κ3) is 3.95. The molecule has 1 aromatic heterocycles. The van der Waals surface area contributed by atoms with Crippen molar-refractivity contribution in [3.63, 3.8) is 0 Å². The van der Waals surface area contributed by atoms with Gasteiger partial charge in [-0.3, -0.25) is 5.43 Å². The Balaban J connectivity index is 1.43. The van der Waals surface area contributed by atoms with E-state index in [1.54, 1.807) is 6.21 Å². The van der Waals surface area contributed by atoms with Gasteiger partial charge in [0.15, 0.2) is 5.11 Å². The molecule has 1 heterocycles. The molecule has 1 saturated carbocycles. The van der Waals surface area contributed by atoms with E-state index in [1.165, 1.54) is 12.0 Å². The molecule has 2 atom stereocenters. The zero-order chi connectivity index (χ0) is 15.4. The maximum absolute atomic E-state index is 5.74. The van der Waals surface area contributed by atoms with Crippen molar-refractivity contribution < 1.29 is 4.42 Å². The Hall–Kier alpha value is -2.14. The van der Waals surface area contributed by atoms with Crippen LogP contribution in [0.4, 0.5) is 0 Å². The van der Waals surface area contributed by atoms with E-state index in [0.717, 1.165) is 17.4 Å². The quantitative estimate of drug-likeness (QED) is 0.504. The second-order valence-electron chi connectivity index (χ2n) is 5.60. The fraction of sp³-hybridized carbons (Fsp3) is 0.294. The van der Waals surface area contributed by atoms with Gasteiger partial charge in [0, 0.05) is 12.5 Å². The summed E-state index contributed by atoms with van der Waals surface area (Å²) in [4.78, 5) is 0. The lowest BCUT2D eigenvalue weighted by Gasteiger charge is -2.06. The number of hydrogen-bond acceptors (Lipinski definition) is 3. The van der Waals surface area contributed by atoms with Crippen LogP contribution in [0.5, 0.6) is 0 Å². The van der Waals surface area contributed by atoms with Gasteiger partial charge in [-0.1, -0.05) is 37.3 Å². The van der Waals surface area contributed by atoms with Gasteiger partial charge in [-0.2, -0.15) is 5.10 Å². The monoisotopic (exact) mass is 313 g/mol. The second-order valence-corrected chi connectivity index (χ2v) is 6.01. The summed E-state index contributed by atoms with van der Waals surface area (Å²) in [6, 6.07) is 14.0. The van der Waals surface area contributed by atoms with E-state index in [1.807, 2.05) is 42.5 Å². The number of thiocarbonyl (C=S) groups is 1. The number of benzene rings is 1. The van der Waals surface area contributed by atoms with Crippen LogP contribution in [0.2, 0.25) is 0 Å². The first-order valence-electron chi connectivity index (χ1n) is 7.43. The van der Waals surface area contributed by atoms with Crippen molar-refractivity contribution in [3.05, 3.63) is 59.5 Å². The van der Waals surface area contributed by atoms with Crippen molar-refractivity contribution in [2.45, 2.75) is 25.8 Å². The van der Waals surface area contributed by atoms with Crippen LogP contribution in [0.25, 0.3) is 0 Å². The first-order valence-corrected chi connectivity index (χ1v) is 7.84. The molecule has 4 nitrogen and oxygen atoms in total. The van der Waals surface area contributed by atoms with Crippen molar-refractivity contribution in [1.82, 2.24) is 10.7 Å². The average molecular weight is 313 g/mol. The van der Waals surface area contributed by atoms with Gasteiger partial charge in [-0.25, -0.2) is 0 Å². The third-order valence-electron chi connectivity index (χ3n) is 3.78. The molecule has 2 aromatic rings. The van der Waals surface area contributed by atoms with E-state index in [-0.39, 0.29) is 0 Å². The normalized spacial score (nSPS) is 20.0. The fourth-order valence-corrected chi connectivity index (χ4v) is 2.45. The van der Waals surface area contributed by atoms with E-state index in [4.69, 9.17) is 16.6 Å². The van der Waals surface area contributed by atoms with Crippen LogP contribution in [-0.4, -0.2) is 11.3 Å². The first kappa shape index (κ1) is 14.8. The SMILES string of the molecule is C[C@H]1C[C@H]1c1ccc(/C=N\NC(=S)NCc2ccccc2)o1. The molecule has 1 fully saturated rings. The molecular weight excluding hydrogens is 294 g/mol. The van der Waals surface area contributed by atoms with Crippen LogP contribution >= 0.6 is 12.2 Å². The number of rotatable bonds is 5. The largest absolute Gasteiger partial charge is 0.460 e. The van der Waals surface area contributed by atoms with Crippen LogP contribution in [0.3, 0.4) is 0 Å². The standard InChI is InChI=1S/C17H19N3OS/c1-12-9-15(12)16-8-7-14(21-16)11-19-20-17(22)18-10-13-5-3-2-4-6-13/h2-8,11-12,15H,9-10H2,1H3,(H2,18,20,22)/b19-11-/t12-,15+/m0/s1. The molecule has 0 spiro atoms. The van der Waals surface area contributed by atoms with Crippen LogP contribution in [-0.2, 0) is 6.54 Å². The Morgan fingerprint density at radius 3 is 2.82 bits per heavy atom. The highest BCUT2D eigenvalue weighted by Gasteiger charge is 2.36. The van der Waals surface area contributed by atoms with Crippen LogP contribution in [0.1, 0.15) is 36.3 Å². The molecule has 5 heteroatoms. The summed E-state index contributed by atoms with van der Waals surface area (Å²) in [7, 11) is 0. The summed E-state index contributed by atoms with van der Waals surface area (Å²) in [6.45, 7) is 2.91. The maximum atomic E-state index is 5.74. The van der Waals surface area contributed by atoms with Crippen molar-refractivity contribution in [1.29, 1.82) is 0 Å². The highest BCUT2D eigenvalue weighted by atomic mass is 32.1. The lowest BCUT2D eigenvalue weighted by atomic mass is 10.2. The number of furan rings is 1. The van der Waals surface area contributed by atoms with Gasteiger partial charge < -0.3 is 9.73 Å². The Kier molecular flexibility index (Phi) is 4.53. The molecule has 0 amide bonds. The van der Waals surface area contributed by atoms with E-state index in [9.17, 15) is 0 Å². The van der Waals surface area contributed by atoms with E-state index in [2.05, 4.69) is 22.8 Å². The minimum atomic E-state index is 0.489. The second kappa shape index (κ2) is 6.75. The molecule has 1 aromatic carbocycles. The van der Waals surface area contributed by atoms with Gasteiger partial charge in [-0.15, -0.1) is 0 Å². The molecule has 1 aliphatic carbocycles. The number of hydrogen-bond donors (Lipinski definition) is 2. The Labute approximate surface area is 135 Å². The predicted octanol–water partition coefficient (Wildman–Crippen LogP) is 3.40. The maximum Gasteiger partial charge on any atom is 0.187 e. The summed E-state index contributed by atoms with van der Waals surface area (Å²) >= 11 is 5.17. The van der Waals surface area contributed by atoms with Crippen molar-refractivity contribution in [2.24, 2.45) is 11.0 Å². The van der Waals surface area contributed by atoms with Gasteiger partial charge in [0.05, 0.1) is 6.21 Å². The van der Waals surface area contributed by atoms with Gasteiger partial charge >= 0.3 is 0 Å². The zero-order valence-electron chi connectivity index (χ0n) is 12.5. The molecule has 0 radical (unpaired) electrons. The molecule has 0 saturated heterocycles. The predicted molar refractivity (Wildman–Crippen MR) is 91.8 cm³/mol. The smallest absolute Gasteiger partial charge is 0.187 e. The van der Waals surface area contributed by atoms with E-state index in [0.29, 0.717) is 17.6 Å². The highest BCUT2D eigenvalue weighted by Crippen LogP contribution is 2.47. The molecule has 114 valence electrons. The van der Waals surface area contributed by atoms with Crippen molar-refractivity contribution >= 4 is 23.5 Å². The summed E-state index contributed by atoms with van der Waals surface area (Å²) in [5, 5.41) is 7.68. The average Bonchev–Trinajstić information content (AvgIpc) is 3.08. The molecule has 0 aliphatic heterocycles. The summed E-state index contributed by atoms with van der Waals surface area (Å²) < 4.78 is 5.74. The molecule has 2 N–H and O–H groups in total. The molecule has 1 aliphatic rings. The fourth-order valence-electron chi connectivity index (χ4n) is 2.33. The Morgan fingerprint density at radius 1 is 1.32 bits per heavy atom. The topological polar surface area (TPSA) is 49.6 Å². The molecule has 22 heavy (non-hydrogen) atoms. The number of nitrogens with one attached hydrogen (secondary N) is 2. The zero-order valence-corrected chi connectivity index (χ0v) is 13.3. The van der Waals surface area contributed by atoms with Gasteiger partial charge in [0.2, 0.25) is 0 Å². The van der Waals surface area contributed by atoms with Gasteiger partial charge in [0.1, 0.15) is 11.5 Å².